The minimum atomic E-state index is -0.225. The predicted molar refractivity (Wildman–Crippen MR) is 98.9 cm³/mol. The van der Waals surface area contributed by atoms with E-state index in [1.807, 2.05) is 37.5 Å². The van der Waals surface area contributed by atoms with E-state index in [4.69, 9.17) is 0 Å². The average molecular weight is 349 g/mol. The van der Waals surface area contributed by atoms with Crippen molar-refractivity contribution in [3.8, 4) is 0 Å². The molecule has 0 saturated carbocycles. The molecule has 24 heavy (non-hydrogen) atoms. The molecule has 0 radical (unpaired) electrons. The first kappa shape index (κ1) is 18.8. The number of amides is 2. The summed E-state index contributed by atoms with van der Waals surface area (Å²) in [7, 11) is 0. The van der Waals surface area contributed by atoms with E-state index in [-0.39, 0.29) is 23.3 Å². The monoisotopic (exact) mass is 348 g/mol. The van der Waals surface area contributed by atoms with Crippen molar-refractivity contribution >= 4 is 23.6 Å². The fourth-order valence-corrected chi connectivity index (χ4v) is 3.48. The van der Waals surface area contributed by atoms with Crippen LogP contribution in [0.1, 0.15) is 39.7 Å². The first-order valence-corrected chi connectivity index (χ1v) is 9.71. The van der Waals surface area contributed by atoms with Gasteiger partial charge in [-0.2, -0.15) is 0 Å². The molecule has 1 atom stereocenters. The highest BCUT2D eigenvalue weighted by molar-refractivity contribution is 7.98. The molecule has 1 aromatic rings. The summed E-state index contributed by atoms with van der Waals surface area (Å²) in [6.07, 6.45) is 2.38. The number of carbonyl (C=O) groups is 2. The Bertz CT molecular complexity index is 592. The van der Waals surface area contributed by atoms with Gasteiger partial charge in [0, 0.05) is 36.5 Å². The van der Waals surface area contributed by atoms with Crippen LogP contribution in [0.4, 0.5) is 0 Å². The van der Waals surface area contributed by atoms with E-state index >= 15 is 0 Å². The van der Waals surface area contributed by atoms with E-state index in [0.717, 1.165) is 5.56 Å². The molecule has 1 aromatic carbocycles. The Labute approximate surface area is 149 Å². The van der Waals surface area contributed by atoms with Gasteiger partial charge < -0.3 is 9.80 Å². The van der Waals surface area contributed by atoms with E-state index in [1.54, 1.807) is 11.8 Å². The van der Waals surface area contributed by atoms with Crippen LogP contribution < -0.4 is 0 Å². The van der Waals surface area contributed by atoms with Crippen LogP contribution in [0.25, 0.3) is 0 Å². The molecule has 0 unspecified atom stereocenters. The van der Waals surface area contributed by atoms with Crippen LogP contribution in [0, 0.1) is 5.92 Å². The number of nitrogens with zero attached hydrogens (tertiary/aromatic N) is 2. The van der Waals surface area contributed by atoms with Gasteiger partial charge in [0.25, 0.3) is 0 Å². The van der Waals surface area contributed by atoms with Gasteiger partial charge in [-0.15, -0.1) is 11.8 Å². The van der Waals surface area contributed by atoms with E-state index in [9.17, 15) is 9.59 Å². The third-order valence-corrected chi connectivity index (χ3v) is 5.25. The van der Waals surface area contributed by atoms with Crippen molar-refractivity contribution in [3.63, 3.8) is 0 Å². The lowest BCUT2D eigenvalue weighted by Crippen LogP contribution is -2.43. The summed E-state index contributed by atoms with van der Waals surface area (Å²) >= 11 is 1.71. The maximum Gasteiger partial charge on any atom is 0.228 e. The summed E-state index contributed by atoms with van der Waals surface area (Å²) in [6.45, 7) is 9.83. The maximum absolute atomic E-state index is 12.9. The zero-order valence-corrected chi connectivity index (χ0v) is 16.2. The zero-order chi connectivity index (χ0) is 17.9. The van der Waals surface area contributed by atoms with Crippen molar-refractivity contribution < 1.29 is 9.59 Å². The Morgan fingerprint density at radius 1 is 1.29 bits per heavy atom. The predicted octanol–water partition coefficient (Wildman–Crippen LogP) is 3.40. The molecule has 0 aromatic heterocycles. The third-order valence-electron chi connectivity index (χ3n) is 4.51. The number of carbonyl (C=O) groups excluding carboxylic acids is 2. The summed E-state index contributed by atoms with van der Waals surface area (Å²) in [5, 5.41) is 0. The first-order valence-electron chi connectivity index (χ1n) is 8.48. The lowest BCUT2D eigenvalue weighted by molar-refractivity contribution is -0.136. The van der Waals surface area contributed by atoms with E-state index in [0.29, 0.717) is 26.1 Å². The lowest BCUT2D eigenvalue weighted by atomic mass is 10.1. The van der Waals surface area contributed by atoms with Crippen molar-refractivity contribution in [3.05, 3.63) is 29.8 Å². The SMILES string of the molecule is CCN(Cc1ccc(SC)cc1)C(=O)[C@@H]1CC(=O)N(C(C)(C)C)C1. The highest BCUT2D eigenvalue weighted by Crippen LogP contribution is 2.27. The second kappa shape index (κ2) is 7.60. The molecule has 0 N–H and O–H groups in total. The minimum Gasteiger partial charge on any atom is -0.338 e. The molecule has 0 bridgehead atoms. The number of hydrogen-bond acceptors (Lipinski definition) is 3. The van der Waals surface area contributed by atoms with Crippen molar-refractivity contribution in [2.24, 2.45) is 5.92 Å². The van der Waals surface area contributed by atoms with Gasteiger partial charge in [-0.1, -0.05) is 12.1 Å². The molecule has 1 saturated heterocycles. The van der Waals surface area contributed by atoms with E-state index < -0.39 is 0 Å². The third kappa shape index (κ3) is 4.32. The molecular weight excluding hydrogens is 320 g/mol. The normalized spacial score (nSPS) is 18.1. The van der Waals surface area contributed by atoms with Gasteiger partial charge in [-0.05, 0) is 51.6 Å². The number of thioether (sulfide) groups is 1. The Kier molecular flexibility index (Phi) is 5.97. The number of hydrogen-bond donors (Lipinski definition) is 0. The van der Waals surface area contributed by atoms with Crippen molar-refractivity contribution in [2.45, 2.75) is 51.1 Å². The summed E-state index contributed by atoms with van der Waals surface area (Å²) in [5.74, 6) is -0.0464. The average Bonchev–Trinajstić information content (AvgIpc) is 2.94. The summed E-state index contributed by atoms with van der Waals surface area (Å²) < 4.78 is 0. The standard InChI is InChI=1S/C19H28N2O2S/c1-6-20(12-14-7-9-16(24-5)10-8-14)18(23)15-11-17(22)21(13-15)19(2,3)4/h7-10,15H,6,11-13H2,1-5H3/t15-/m1/s1. The van der Waals surface area contributed by atoms with Crippen LogP contribution >= 0.6 is 11.8 Å². The van der Waals surface area contributed by atoms with Crippen molar-refractivity contribution in [1.29, 1.82) is 0 Å². The highest BCUT2D eigenvalue weighted by atomic mass is 32.2. The maximum atomic E-state index is 12.9. The van der Waals surface area contributed by atoms with Crippen LogP contribution in [-0.2, 0) is 16.1 Å². The Hall–Kier alpha value is -1.49. The smallest absolute Gasteiger partial charge is 0.228 e. The van der Waals surface area contributed by atoms with Crippen LogP contribution in [0.15, 0.2) is 29.2 Å². The largest absolute Gasteiger partial charge is 0.338 e. The van der Waals surface area contributed by atoms with Gasteiger partial charge in [0.1, 0.15) is 0 Å². The number of rotatable bonds is 5. The molecule has 132 valence electrons. The summed E-state index contributed by atoms with van der Waals surface area (Å²) in [6, 6.07) is 8.31. The molecule has 1 aliphatic rings. The van der Waals surface area contributed by atoms with Crippen LogP contribution in [0.5, 0.6) is 0 Å². The zero-order valence-electron chi connectivity index (χ0n) is 15.3. The lowest BCUT2D eigenvalue weighted by Gasteiger charge is -2.32. The van der Waals surface area contributed by atoms with Gasteiger partial charge in [0.2, 0.25) is 11.8 Å². The molecule has 2 amide bonds. The fourth-order valence-electron chi connectivity index (χ4n) is 3.08. The molecule has 1 fully saturated rings. The second-order valence-electron chi connectivity index (χ2n) is 7.28. The molecule has 5 heteroatoms. The van der Waals surface area contributed by atoms with Gasteiger partial charge in [0.05, 0.1) is 5.92 Å². The first-order chi connectivity index (χ1) is 11.3. The van der Waals surface area contributed by atoms with Gasteiger partial charge in [0.15, 0.2) is 0 Å². The molecule has 4 nitrogen and oxygen atoms in total. The van der Waals surface area contributed by atoms with Gasteiger partial charge >= 0.3 is 0 Å². The van der Waals surface area contributed by atoms with E-state index in [2.05, 4.69) is 30.5 Å². The quantitative estimate of drug-likeness (QED) is 0.766. The van der Waals surface area contributed by atoms with Gasteiger partial charge in [-0.3, -0.25) is 9.59 Å². The molecule has 0 aliphatic carbocycles. The number of benzene rings is 1. The van der Waals surface area contributed by atoms with Crippen molar-refractivity contribution in [2.75, 3.05) is 19.3 Å². The fraction of sp³-hybridized carbons (Fsp3) is 0.579. The van der Waals surface area contributed by atoms with Crippen LogP contribution in [0.3, 0.4) is 0 Å². The topological polar surface area (TPSA) is 40.6 Å². The van der Waals surface area contributed by atoms with Crippen LogP contribution in [-0.4, -0.2) is 46.5 Å². The summed E-state index contributed by atoms with van der Waals surface area (Å²) in [5.41, 5.74) is 0.900. The molecular formula is C19H28N2O2S. The summed E-state index contributed by atoms with van der Waals surface area (Å²) in [4.78, 5) is 30.0. The highest BCUT2D eigenvalue weighted by Gasteiger charge is 2.40. The van der Waals surface area contributed by atoms with Crippen LogP contribution in [0.2, 0.25) is 0 Å². The molecule has 0 spiro atoms. The second-order valence-corrected chi connectivity index (χ2v) is 8.16. The Morgan fingerprint density at radius 2 is 1.92 bits per heavy atom. The van der Waals surface area contributed by atoms with E-state index in [1.165, 1.54) is 4.90 Å². The molecule has 1 aliphatic heterocycles. The van der Waals surface area contributed by atoms with Crippen molar-refractivity contribution in [1.82, 2.24) is 9.80 Å². The van der Waals surface area contributed by atoms with Gasteiger partial charge in [-0.25, -0.2) is 0 Å². The Morgan fingerprint density at radius 3 is 2.38 bits per heavy atom. The molecule has 1 heterocycles. The Balaban J connectivity index is 2.05. The minimum absolute atomic E-state index is 0.0845. The number of likely N-dealkylation sites (tertiary alicyclic amines) is 1. The molecule has 2 rings (SSSR count).